The van der Waals surface area contributed by atoms with E-state index in [2.05, 4.69) is 27.0 Å². The Morgan fingerprint density at radius 3 is 1.50 bits per heavy atom. The van der Waals surface area contributed by atoms with Crippen molar-refractivity contribution in [1.82, 2.24) is 0 Å². The first-order chi connectivity index (χ1) is 5.24. The highest BCUT2D eigenvalue weighted by Crippen LogP contribution is 2.05. The number of hydrogen-bond acceptors (Lipinski definition) is 0. The molecular formula is C10H20ClN. The third-order valence-electron chi connectivity index (χ3n) is 2.37. The van der Waals surface area contributed by atoms with Gasteiger partial charge in [0.2, 0.25) is 0 Å². The molecule has 0 aromatic heterocycles. The molecular weight excluding hydrogens is 170 g/mol. The second-order valence-corrected chi connectivity index (χ2v) is 2.92. The molecule has 1 nitrogen and oxygen atoms in total. The normalized spacial score (nSPS) is 10.2. The van der Waals surface area contributed by atoms with E-state index in [0.29, 0.717) is 0 Å². The summed E-state index contributed by atoms with van der Waals surface area (Å²) < 4.78 is 1.09. The molecule has 0 aliphatic heterocycles. The number of quaternary nitrogens is 1. The van der Waals surface area contributed by atoms with E-state index in [9.17, 15) is 0 Å². The molecule has 0 fully saturated rings. The van der Waals surface area contributed by atoms with E-state index in [1.54, 1.807) is 0 Å². The van der Waals surface area contributed by atoms with Gasteiger partial charge in [0.15, 0.2) is 0 Å². The molecule has 0 aromatic carbocycles. The monoisotopic (exact) mass is 189 g/mol. The molecule has 0 spiro atoms. The highest BCUT2D eigenvalue weighted by Gasteiger charge is 2.18. The van der Waals surface area contributed by atoms with Crippen LogP contribution in [0.25, 0.3) is 0 Å². The van der Waals surface area contributed by atoms with E-state index in [1.807, 2.05) is 12.2 Å². The molecule has 12 heavy (non-hydrogen) atoms. The molecule has 0 unspecified atom stereocenters. The fraction of sp³-hybridized carbons (Fsp3) is 0.600. The maximum Gasteiger partial charge on any atom is 0.0973 e. The molecule has 0 saturated heterocycles. The number of rotatable bonds is 6. The highest BCUT2D eigenvalue weighted by atomic mass is 35.5. The summed E-state index contributed by atoms with van der Waals surface area (Å²) in [7, 11) is 0. The smallest absolute Gasteiger partial charge is 0.0973 e. The van der Waals surface area contributed by atoms with E-state index in [-0.39, 0.29) is 12.4 Å². The molecule has 0 rings (SSSR count). The molecule has 0 bridgehead atoms. The Labute approximate surface area is 82.8 Å². The minimum Gasteiger partial charge on any atom is -1.00 e. The molecule has 0 radical (unpaired) electrons. The van der Waals surface area contributed by atoms with Crippen molar-refractivity contribution < 1.29 is 16.9 Å². The van der Waals surface area contributed by atoms with E-state index in [0.717, 1.165) is 30.7 Å². The van der Waals surface area contributed by atoms with Gasteiger partial charge >= 0.3 is 0 Å². The summed E-state index contributed by atoms with van der Waals surface area (Å²) in [5, 5.41) is 0. The Bertz CT molecular complexity index is 116. The first-order valence-electron chi connectivity index (χ1n) is 4.31. The van der Waals surface area contributed by atoms with Crippen LogP contribution in [0.4, 0.5) is 0 Å². The Hall–Kier alpha value is -0.270. The van der Waals surface area contributed by atoms with E-state index >= 15 is 0 Å². The first kappa shape index (κ1) is 14.3. The molecule has 0 N–H and O–H groups in total. The number of likely N-dealkylation sites (N-methyl/N-ethyl adjacent to an activating group) is 1. The Morgan fingerprint density at radius 1 is 1.00 bits per heavy atom. The summed E-state index contributed by atoms with van der Waals surface area (Å²) >= 11 is 0. The van der Waals surface area contributed by atoms with Gasteiger partial charge in [0.1, 0.15) is 0 Å². The van der Waals surface area contributed by atoms with Crippen LogP contribution in [-0.2, 0) is 0 Å². The van der Waals surface area contributed by atoms with Crippen molar-refractivity contribution in [3.05, 3.63) is 25.3 Å². The van der Waals surface area contributed by atoms with Crippen molar-refractivity contribution >= 4 is 0 Å². The van der Waals surface area contributed by atoms with Crippen molar-refractivity contribution in [1.29, 1.82) is 0 Å². The zero-order chi connectivity index (χ0) is 8.74. The number of halogens is 1. The highest BCUT2D eigenvalue weighted by molar-refractivity contribution is 4.71. The summed E-state index contributed by atoms with van der Waals surface area (Å²) in [6.07, 6.45) is 3.99. The summed E-state index contributed by atoms with van der Waals surface area (Å²) in [6.45, 7) is 16.4. The van der Waals surface area contributed by atoms with Gasteiger partial charge in [0.05, 0.1) is 26.2 Å². The van der Waals surface area contributed by atoms with Crippen LogP contribution in [0.3, 0.4) is 0 Å². The third kappa shape index (κ3) is 3.93. The first-order valence-corrected chi connectivity index (χ1v) is 4.31. The Morgan fingerprint density at radius 2 is 1.33 bits per heavy atom. The van der Waals surface area contributed by atoms with Crippen molar-refractivity contribution in [3.8, 4) is 0 Å². The van der Waals surface area contributed by atoms with Crippen LogP contribution in [0.5, 0.6) is 0 Å². The van der Waals surface area contributed by atoms with Crippen LogP contribution >= 0.6 is 0 Å². The van der Waals surface area contributed by atoms with Gasteiger partial charge in [-0.2, -0.15) is 0 Å². The fourth-order valence-electron chi connectivity index (χ4n) is 1.36. The van der Waals surface area contributed by atoms with E-state index < -0.39 is 0 Å². The maximum absolute atomic E-state index is 3.77. The van der Waals surface area contributed by atoms with Gasteiger partial charge in [-0.3, -0.25) is 0 Å². The molecule has 0 heterocycles. The quantitative estimate of drug-likeness (QED) is 0.380. The van der Waals surface area contributed by atoms with Gasteiger partial charge in [-0.1, -0.05) is 13.2 Å². The molecule has 0 atom stereocenters. The van der Waals surface area contributed by atoms with Crippen LogP contribution in [0.2, 0.25) is 0 Å². The predicted octanol–water partition coefficient (Wildman–Crippen LogP) is -0.781. The van der Waals surface area contributed by atoms with Crippen molar-refractivity contribution in [2.45, 2.75) is 13.8 Å². The Kier molecular flexibility index (Phi) is 8.78. The minimum absolute atomic E-state index is 0. The van der Waals surface area contributed by atoms with Gasteiger partial charge < -0.3 is 16.9 Å². The van der Waals surface area contributed by atoms with E-state index in [1.165, 1.54) is 0 Å². The standard InChI is InChI=1S/C10H20N.ClH/c1-5-9-11(7-3,8-4)10-6-2;/h5-6H,1-2,7-10H2,3-4H3;1H/q+1;/p-1. The Balaban J connectivity index is 0. The average Bonchev–Trinajstić information content (AvgIpc) is 2.04. The number of nitrogens with zero attached hydrogens (tertiary/aromatic N) is 1. The summed E-state index contributed by atoms with van der Waals surface area (Å²) in [5.74, 6) is 0. The molecule has 0 aliphatic carbocycles. The van der Waals surface area contributed by atoms with Gasteiger partial charge in [-0.15, -0.1) is 0 Å². The largest absolute Gasteiger partial charge is 1.00 e. The SMILES string of the molecule is C=CC[N+](CC)(CC)CC=C.[Cl-]. The van der Waals surface area contributed by atoms with Gasteiger partial charge in [0.25, 0.3) is 0 Å². The van der Waals surface area contributed by atoms with Crippen molar-refractivity contribution in [2.75, 3.05) is 26.2 Å². The van der Waals surface area contributed by atoms with Gasteiger partial charge in [0, 0.05) is 0 Å². The van der Waals surface area contributed by atoms with Crippen molar-refractivity contribution in [2.24, 2.45) is 0 Å². The van der Waals surface area contributed by atoms with Crippen LogP contribution in [-0.4, -0.2) is 30.7 Å². The summed E-state index contributed by atoms with van der Waals surface area (Å²) in [4.78, 5) is 0. The maximum atomic E-state index is 3.77. The summed E-state index contributed by atoms with van der Waals surface area (Å²) in [5.41, 5.74) is 0. The fourth-order valence-corrected chi connectivity index (χ4v) is 1.36. The minimum atomic E-state index is 0. The van der Waals surface area contributed by atoms with Crippen molar-refractivity contribution in [3.63, 3.8) is 0 Å². The average molecular weight is 190 g/mol. The molecule has 0 aliphatic rings. The van der Waals surface area contributed by atoms with Gasteiger partial charge in [-0.05, 0) is 26.0 Å². The van der Waals surface area contributed by atoms with Crippen LogP contribution in [0.15, 0.2) is 25.3 Å². The zero-order valence-electron chi connectivity index (χ0n) is 8.22. The molecule has 2 heteroatoms. The van der Waals surface area contributed by atoms with Crippen LogP contribution < -0.4 is 12.4 Å². The molecule has 0 amide bonds. The third-order valence-corrected chi connectivity index (χ3v) is 2.37. The second kappa shape index (κ2) is 7.38. The predicted molar refractivity (Wildman–Crippen MR) is 51.5 cm³/mol. The lowest BCUT2D eigenvalue weighted by Gasteiger charge is -2.34. The lowest BCUT2D eigenvalue weighted by Crippen LogP contribution is -3.00. The van der Waals surface area contributed by atoms with Crippen LogP contribution in [0.1, 0.15) is 13.8 Å². The second-order valence-electron chi connectivity index (χ2n) is 2.92. The zero-order valence-corrected chi connectivity index (χ0v) is 8.98. The lowest BCUT2D eigenvalue weighted by atomic mass is 10.3. The van der Waals surface area contributed by atoms with E-state index in [4.69, 9.17) is 0 Å². The molecule has 0 saturated carbocycles. The number of hydrogen-bond donors (Lipinski definition) is 0. The lowest BCUT2D eigenvalue weighted by molar-refractivity contribution is -0.914. The molecule has 72 valence electrons. The summed E-state index contributed by atoms with van der Waals surface area (Å²) in [6, 6.07) is 0. The molecule has 0 aromatic rings. The topological polar surface area (TPSA) is 0 Å². The van der Waals surface area contributed by atoms with Crippen LogP contribution in [0, 0.1) is 0 Å². The van der Waals surface area contributed by atoms with Gasteiger partial charge in [-0.25, -0.2) is 0 Å².